The van der Waals surface area contributed by atoms with Crippen molar-refractivity contribution >= 4 is 21.4 Å². The molecule has 0 spiro atoms. The largest absolute Gasteiger partial charge is 0.396 e. The Balaban J connectivity index is 1.81. The van der Waals surface area contributed by atoms with Gasteiger partial charge in [-0.3, -0.25) is 0 Å². The first kappa shape index (κ1) is 15.7. The van der Waals surface area contributed by atoms with Crippen LogP contribution in [0.2, 0.25) is 0 Å². The van der Waals surface area contributed by atoms with Crippen LogP contribution in [0, 0.1) is 5.92 Å². The molecule has 2 atom stereocenters. The van der Waals surface area contributed by atoms with E-state index in [0.717, 1.165) is 6.42 Å². The molecule has 4 nitrogen and oxygen atoms in total. The fraction of sp³-hybridized carbons (Fsp3) is 0.375. The maximum atomic E-state index is 12.6. The quantitative estimate of drug-likeness (QED) is 0.933. The Kier molecular flexibility index (Phi) is 4.63. The van der Waals surface area contributed by atoms with Crippen molar-refractivity contribution in [3.8, 4) is 0 Å². The van der Waals surface area contributed by atoms with Crippen LogP contribution in [0.5, 0.6) is 0 Å². The van der Waals surface area contributed by atoms with E-state index < -0.39 is 10.0 Å². The molecule has 1 aliphatic heterocycles. The first-order chi connectivity index (χ1) is 10.6. The molecule has 0 amide bonds. The van der Waals surface area contributed by atoms with Crippen LogP contribution in [0.4, 0.5) is 0 Å². The van der Waals surface area contributed by atoms with Gasteiger partial charge in [0, 0.05) is 25.6 Å². The Morgan fingerprint density at radius 1 is 1.18 bits per heavy atom. The van der Waals surface area contributed by atoms with Crippen molar-refractivity contribution < 1.29 is 13.5 Å². The summed E-state index contributed by atoms with van der Waals surface area (Å²) in [5.74, 6) is 0.145. The minimum Gasteiger partial charge on any atom is -0.396 e. The lowest BCUT2D eigenvalue weighted by Crippen LogP contribution is -2.43. The zero-order valence-electron chi connectivity index (χ0n) is 12.1. The van der Waals surface area contributed by atoms with Gasteiger partial charge in [0.1, 0.15) is 4.21 Å². The minimum atomic E-state index is -3.43. The lowest BCUT2D eigenvalue weighted by Gasteiger charge is -2.37. The molecule has 1 aromatic heterocycles. The van der Waals surface area contributed by atoms with Crippen LogP contribution in [0.25, 0.3) is 0 Å². The lowest BCUT2D eigenvalue weighted by molar-refractivity contribution is 0.145. The fourth-order valence-electron chi connectivity index (χ4n) is 3.08. The normalized spacial score (nSPS) is 23.5. The second-order valence-electron chi connectivity index (χ2n) is 5.54. The summed E-state index contributed by atoms with van der Waals surface area (Å²) in [6, 6.07) is 13.4. The van der Waals surface area contributed by atoms with Crippen LogP contribution < -0.4 is 0 Å². The van der Waals surface area contributed by atoms with Gasteiger partial charge in [-0.15, -0.1) is 11.3 Å². The van der Waals surface area contributed by atoms with Gasteiger partial charge in [-0.25, -0.2) is 8.42 Å². The van der Waals surface area contributed by atoms with Crippen molar-refractivity contribution in [3.05, 3.63) is 53.4 Å². The molecule has 1 N–H and O–H groups in total. The number of thiophene rings is 1. The van der Waals surface area contributed by atoms with Gasteiger partial charge in [0.15, 0.2) is 0 Å². The molecule has 1 saturated heterocycles. The highest BCUT2D eigenvalue weighted by molar-refractivity contribution is 7.91. The Labute approximate surface area is 135 Å². The van der Waals surface area contributed by atoms with E-state index in [9.17, 15) is 13.5 Å². The van der Waals surface area contributed by atoms with Crippen molar-refractivity contribution in [1.29, 1.82) is 0 Å². The van der Waals surface area contributed by atoms with Crippen LogP contribution in [-0.4, -0.2) is 37.5 Å². The fourth-order valence-corrected chi connectivity index (χ4v) is 5.73. The Morgan fingerprint density at radius 2 is 1.95 bits per heavy atom. The van der Waals surface area contributed by atoms with E-state index in [0.29, 0.717) is 17.3 Å². The average Bonchev–Trinajstić information content (AvgIpc) is 3.10. The summed E-state index contributed by atoms with van der Waals surface area (Å²) in [4.78, 5) is 0. The van der Waals surface area contributed by atoms with Gasteiger partial charge in [0.25, 0.3) is 10.0 Å². The summed E-state index contributed by atoms with van der Waals surface area (Å²) in [6.07, 6.45) is 0.736. The number of rotatable bonds is 4. The van der Waals surface area contributed by atoms with E-state index in [1.165, 1.54) is 21.2 Å². The molecular weight excluding hydrogens is 318 g/mol. The second kappa shape index (κ2) is 6.50. The Bertz CT molecular complexity index is 698. The Morgan fingerprint density at radius 3 is 2.59 bits per heavy atom. The molecule has 2 heterocycles. The van der Waals surface area contributed by atoms with E-state index in [2.05, 4.69) is 12.1 Å². The predicted molar refractivity (Wildman–Crippen MR) is 87.5 cm³/mol. The number of nitrogens with zero attached hydrogens (tertiary/aromatic N) is 1. The molecular formula is C16H19NO3S2. The SMILES string of the molecule is O=S(=O)(c1cccs1)N1CC[C@@H](c2ccccc2)[C@@H](CO)C1. The van der Waals surface area contributed by atoms with E-state index in [1.807, 2.05) is 18.2 Å². The average molecular weight is 337 g/mol. The molecule has 0 saturated carbocycles. The van der Waals surface area contributed by atoms with Gasteiger partial charge in [-0.2, -0.15) is 4.31 Å². The van der Waals surface area contributed by atoms with Crippen LogP contribution in [0.3, 0.4) is 0 Å². The second-order valence-corrected chi connectivity index (χ2v) is 8.66. The lowest BCUT2D eigenvalue weighted by atomic mass is 9.82. The highest BCUT2D eigenvalue weighted by Crippen LogP contribution is 2.35. The third-order valence-corrected chi connectivity index (χ3v) is 7.49. The van der Waals surface area contributed by atoms with Crippen LogP contribution in [0.15, 0.2) is 52.1 Å². The molecule has 0 radical (unpaired) electrons. The first-order valence-electron chi connectivity index (χ1n) is 7.32. The standard InChI is InChI=1S/C16H19NO3S2/c18-12-14-11-17(22(19,20)16-7-4-10-21-16)9-8-15(14)13-5-2-1-3-6-13/h1-7,10,14-15,18H,8-9,11-12H2/t14-,15+/m1/s1. The molecule has 118 valence electrons. The highest BCUT2D eigenvalue weighted by atomic mass is 32.2. The van der Waals surface area contributed by atoms with Gasteiger partial charge >= 0.3 is 0 Å². The van der Waals surface area contributed by atoms with Gasteiger partial charge in [0.05, 0.1) is 0 Å². The summed E-state index contributed by atoms with van der Waals surface area (Å²) in [5.41, 5.74) is 1.18. The monoisotopic (exact) mass is 337 g/mol. The molecule has 0 aliphatic carbocycles. The summed E-state index contributed by atoms with van der Waals surface area (Å²) in [7, 11) is -3.43. The molecule has 1 aromatic carbocycles. The van der Waals surface area contributed by atoms with E-state index in [-0.39, 0.29) is 18.4 Å². The number of aliphatic hydroxyl groups is 1. The Hall–Kier alpha value is -1.21. The molecule has 6 heteroatoms. The maximum absolute atomic E-state index is 12.6. The summed E-state index contributed by atoms with van der Waals surface area (Å²) in [6.45, 7) is 0.864. The molecule has 2 aromatic rings. The summed E-state index contributed by atoms with van der Waals surface area (Å²) < 4.78 is 27.1. The van der Waals surface area contributed by atoms with Crippen molar-refractivity contribution in [2.75, 3.05) is 19.7 Å². The van der Waals surface area contributed by atoms with Crippen LogP contribution >= 0.6 is 11.3 Å². The zero-order chi connectivity index (χ0) is 15.6. The van der Waals surface area contributed by atoms with E-state index >= 15 is 0 Å². The zero-order valence-corrected chi connectivity index (χ0v) is 13.8. The summed E-state index contributed by atoms with van der Waals surface area (Å²) >= 11 is 1.24. The first-order valence-corrected chi connectivity index (χ1v) is 9.64. The number of aliphatic hydroxyl groups excluding tert-OH is 1. The molecule has 1 fully saturated rings. The van der Waals surface area contributed by atoms with E-state index in [4.69, 9.17) is 0 Å². The number of hydrogen-bond acceptors (Lipinski definition) is 4. The van der Waals surface area contributed by atoms with Crippen molar-refractivity contribution in [1.82, 2.24) is 4.31 Å². The van der Waals surface area contributed by atoms with Gasteiger partial charge in [-0.1, -0.05) is 36.4 Å². The van der Waals surface area contributed by atoms with Crippen molar-refractivity contribution in [2.24, 2.45) is 5.92 Å². The minimum absolute atomic E-state index is 0.00395. The molecule has 0 bridgehead atoms. The number of hydrogen-bond donors (Lipinski definition) is 1. The van der Waals surface area contributed by atoms with Gasteiger partial charge < -0.3 is 5.11 Å². The van der Waals surface area contributed by atoms with Crippen molar-refractivity contribution in [2.45, 2.75) is 16.5 Å². The smallest absolute Gasteiger partial charge is 0.252 e. The van der Waals surface area contributed by atoms with E-state index in [1.54, 1.807) is 17.5 Å². The third-order valence-electron chi connectivity index (χ3n) is 4.25. The topological polar surface area (TPSA) is 57.6 Å². The predicted octanol–water partition coefficient (Wildman–Crippen LogP) is 2.53. The van der Waals surface area contributed by atoms with Gasteiger partial charge in [-0.05, 0) is 29.3 Å². The molecule has 0 unspecified atom stereocenters. The maximum Gasteiger partial charge on any atom is 0.252 e. The summed E-state index contributed by atoms with van der Waals surface area (Å²) in [5, 5.41) is 11.5. The molecule has 22 heavy (non-hydrogen) atoms. The van der Waals surface area contributed by atoms with Gasteiger partial charge in [0.2, 0.25) is 0 Å². The van der Waals surface area contributed by atoms with Crippen molar-refractivity contribution in [3.63, 3.8) is 0 Å². The van der Waals surface area contributed by atoms with Crippen LogP contribution in [0.1, 0.15) is 17.9 Å². The highest BCUT2D eigenvalue weighted by Gasteiger charge is 2.36. The number of piperidine rings is 1. The number of sulfonamides is 1. The van der Waals surface area contributed by atoms with Crippen LogP contribution in [-0.2, 0) is 10.0 Å². The third kappa shape index (κ3) is 2.96. The molecule has 1 aliphatic rings. The molecule has 3 rings (SSSR count). The number of benzene rings is 1.